The molecular weight excluding hydrogens is 460 g/mol. The van der Waals surface area contributed by atoms with Gasteiger partial charge < -0.3 is 21.1 Å². The van der Waals surface area contributed by atoms with Gasteiger partial charge in [-0.25, -0.2) is 4.98 Å². The van der Waals surface area contributed by atoms with Gasteiger partial charge >= 0.3 is 0 Å². The number of nitrogens with one attached hydrogen (secondary N) is 3. The lowest BCUT2D eigenvalue weighted by Gasteiger charge is -2.21. The van der Waals surface area contributed by atoms with Crippen LogP contribution in [-0.2, 0) is 11.3 Å². The van der Waals surface area contributed by atoms with Crippen LogP contribution in [0.15, 0.2) is 41.0 Å². The molecule has 1 aromatic carbocycles. The molecule has 0 bridgehead atoms. The van der Waals surface area contributed by atoms with Crippen molar-refractivity contribution in [2.45, 2.75) is 39.3 Å². The van der Waals surface area contributed by atoms with Gasteiger partial charge in [-0.3, -0.25) is 4.79 Å². The van der Waals surface area contributed by atoms with E-state index in [1.54, 1.807) is 10.7 Å². The highest BCUT2D eigenvalue weighted by Gasteiger charge is 2.29. The van der Waals surface area contributed by atoms with Gasteiger partial charge in [-0.2, -0.15) is 9.61 Å². The summed E-state index contributed by atoms with van der Waals surface area (Å²) in [6.45, 7) is 4.71. The van der Waals surface area contributed by atoms with E-state index in [4.69, 9.17) is 0 Å². The van der Waals surface area contributed by atoms with Gasteiger partial charge in [0.2, 0.25) is 5.91 Å². The fourth-order valence-electron chi connectivity index (χ4n) is 3.24. The van der Waals surface area contributed by atoms with E-state index >= 15 is 0 Å². The molecule has 1 amide bonds. The number of hydrogen-bond acceptors (Lipinski definition) is 6. The number of anilines is 3. The summed E-state index contributed by atoms with van der Waals surface area (Å²) in [7, 11) is 0. The first-order chi connectivity index (χ1) is 14.9. The molecule has 164 valence electrons. The van der Waals surface area contributed by atoms with Crippen LogP contribution in [0.5, 0.6) is 0 Å². The maximum atomic E-state index is 11.9. The minimum Gasteiger partial charge on any atom is -0.394 e. The second-order valence-electron chi connectivity index (χ2n) is 8.25. The number of hydrogen-bond donors (Lipinski definition) is 4. The van der Waals surface area contributed by atoms with Crippen molar-refractivity contribution in [2.24, 2.45) is 11.8 Å². The Morgan fingerprint density at radius 1 is 1.29 bits per heavy atom. The van der Waals surface area contributed by atoms with Gasteiger partial charge in [0, 0.05) is 24.2 Å². The summed E-state index contributed by atoms with van der Waals surface area (Å²) in [4.78, 5) is 16.5. The average molecular weight is 487 g/mol. The highest BCUT2D eigenvalue weighted by Crippen LogP contribution is 2.30. The van der Waals surface area contributed by atoms with E-state index in [9.17, 15) is 9.90 Å². The van der Waals surface area contributed by atoms with Crippen molar-refractivity contribution < 1.29 is 9.90 Å². The monoisotopic (exact) mass is 486 g/mol. The third-order valence-electron chi connectivity index (χ3n) is 5.41. The summed E-state index contributed by atoms with van der Waals surface area (Å²) in [5.41, 5.74) is 2.58. The molecule has 1 saturated carbocycles. The van der Waals surface area contributed by atoms with Gasteiger partial charge in [0.25, 0.3) is 0 Å². The summed E-state index contributed by atoms with van der Waals surface area (Å²) in [6.07, 6.45) is 3.69. The van der Waals surface area contributed by atoms with Crippen LogP contribution in [0.1, 0.15) is 32.3 Å². The number of rotatable bonds is 9. The van der Waals surface area contributed by atoms with Gasteiger partial charge in [-0.05, 0) is 52.4 Å². The average Bonchev–Trinajstić information content (AvgIpc) is 3.55. The highest BCUT2D eigenvalue weighted by atomic mass is 79.9. The molecule has 8 nitrogen and oxygen atoms in total. The van der Waals surface area contributed by atoms with Crippen LogP contribution < -0.4 is 16.0 Å². The molecule has 2 aromatic heterocycles. The Morgan fingerprint density at radius 2 is 2.03 bits per heavy atom. The maximum absolute atomic E-state index is 11.9. The SMILES string of the molecule is CC(C)[C@@H](CO)Nc1cc(NCc2ccc(NC(=O)C3CC3)cc2)n2ncc(Br)c2n1. The molecule has 0 spiro atoms. The topological polar surface area (TPSA) is 104 Å². The van der Waals surface area contributed by atoms with E-state index in [2.05, 4.69) is 55.8 Å². The fourth-order valence-corrected chi connectivity index (χ4v) is 3.59. The largest absolute Gasteiger partial charge is 0.394 e. The Bertz CT molecular complexity index is 1060. The smallest absolute Gasteiger partial charge is 0.227 e. The van der Waals surface area contributed by atoms with Crippen LogP contribution in [-0.4, -0.2) is 38.3 Å². The fraction of sp³-hybridized carbons (Fsp3) is 0.409. The Hall–Kier alpha value is -2.65. The van der Waals surface area contributed by atoms with Crippen LogP contribution in [0.4, 0.5) is 17.3 Å². The molecule has 1 atom stereocenters. The summed E-state index contributed by atoms with van der Waals surface area (Å²) >= 11 is 3.50. The third kappa shape index (κ3) is 5.16. The second kappa shape index (κ2) is 9.23. The number of aliphatic hydroxyl groups is 1. The summed E-state index contributed by atoms with van der Waals surface area (Å²) in [5.74, 6) is 2.00. The number of fused-ring (bicyclic) bond motifs is 1. The van der Waals surface area contributed by atoms with Gasteiger partial charge in [-0.15, -0.1) is 0 Å². The Morgan fingerprint density at radius 3 is 2.68 bits per heavy atom. The molecule has 0 radical (unpaired) electrons. The lowest BCUT2D eigenvalue weighted by molar-refractivity contribution is -0.117. The second-order valence-corrected chi connectivity index (χ2v) is 9.10. The molecule has 1 aliphatic rings. The summed E-state index contributed by atoms with van der Waals surface area (Å²) in [6, 6.07) is 9.63. The van der Waals surface area contributed by atoms with E-state index in [0.29, 0.717) is 18.0 Å². The number of aliphatic hydroxyl groups excluding tert-OH is 1. The van der Waals surface area contributed by atoms with Crippen LogP contribution in [0, 0.1) is 11.8 Å². The molecule has 4 rings (SSSR count). The first-order valence-corrected chi connectivity index (χ1v) is 11.3. The number of aromatic nitrogens is 3. The molecule has 1 fully saturated rings. The number of benzene rings is 1. The predicted octanol–water partition coefficient (Wildman–Crippen LogP) is 3.88. The van der Waals surface area contributed by atoms with E-state index in [1.807, 2.05) is 30.3 Å². The van der Waals surface area contributed by atoms with Crippen molar-refractivity contribution in [3.8, 4) is 0 Å². The van der Waals surface area contributed by atoms with Gasteiger partial charge in [-0.1, -0.05) is 26.0 Å². The number of carbonyl (C=O) groups excluding carboxylic acids is 1. The van der Waals surface area contributed by atoms with Crippen LogP contribution in [0.2, 0.25) is 0 Å². The number of amides is 1. The van der Waals surface area contributed by atoms with Crippen LogP contribution in [0.3, 0.4) is 0 Å². The zero-order chi connectivity index (χ0) is 22.0. The molecule has 9 heteroatoms. The third-order valence-corrected chi connectivity index (χ3v) is 5.97. The molecule has 2 heterocycles. The van der Waals surface area contributed by atoms with Crippen molar-refractivity contribution in [3.63, 3.8) is 0 Å². The van der Waals surface area contributed by atoms with Crippen LogP contribution >= 0.6 is 15.9 Å². The highest BCUT2D eigenvalue weighted by molar-refractivity contribution is 9.10. The van der Waals surface area contributed by atoms with E-state index in [1.165, 1.54) is 0 Å². The molecular formula is C22H27BrN6O2. The van der Waals surface area contributed by atoms with Crippen molar-refractivity contribution in [3.05, 3.63) is 46.6 Å². The molecule has 31 heavy (non-hydrogen) atoms. The molecule has 0 unspecified atom stereocenters. The number of nitrogens with zero attached hydrogens (tertiary/aromatic N) is 3. The van der Waals surface area contributed by atoms with E-state index in [-0.39, 0.29) is 30.4 Å². The van der Waals surface area contributed by atoms with Gasteiger partial charge in [0.05, 0.1) is 23.3 Å². The number of carbonyl (C=O) groups is 1. The van der Waals surface area contributed by atoms with E-state index in [0.717, 1.165) is 34.4 Å². The Balaban J connectivity index is 1.48. The first-order valence-electron chi connectivity index (χ1n) is 10.5. The lowest BCUT2D eigenvalue weighted by atomic mass is 10.1. The normalized spacial score (nSPS) is 14.6. The van der Waals surface area contributed by atoms with E-state index < -0.39 is 0 Å². The summed E-state index contributed by atoms with van der Waals surface area (Å²) in [5, 5.41) is 23.7. The van der Waals surface area contributed by atoms with Crippen LogP contribution in [0.25, 0.3) is 5.65 Å². The molecule has 3 aromatic rings. The van der Waals surface area contributed by atoms with Crippen molar-refractivity contribution in [2.75, 3.05) is 22.6 Å². The minimum atomic E-state index is -0.0945. The number of halogens is 1. The lowest BCUT2D eigenvalue weighted by Crippen LogP contribution is -2.30. The van der Waals surface area contributed by atoms with Crippen molar-refractivity contribution in [1.29, 1.82) is 0 Å². The van der Waals surface area contributed by atoms with Crippen molar-refractivity contribution in [1.82, 2.24) is 14.6 Å². The molecule has 1 aliphatic carbocycles. The minimum absolute atomic E-state index is 0.0252. The van der Waals surface area contributed by atoms with Gasteiger partial charge in [0.15, 0.2) is 5.65 Å². The van der Waals surface area contributed by atoms with Gasteiger partial charge in [0.1, 0.15) is 11.6 Å². The molecule has 0 saturated heterocycles. The first kappa shape index (κ1) is 21.6. The molecule has 4 N–H and O–H groups in total. The quantitative estimate of drug-likeness (QED) is 0.365. The zero-order valence-electron chi connectivity index (χ0n) is 17.6. The zero-order valence-corrected chi connectivity index (χ0v) is 19.2. The Labute approximate surface area is 189 Å². The standard InChI is InChI=1S/C22H27BrN6O2/c1-13(2)18(12-30)27-19-9-20(29-21(28-19)17(23)11-25-29)24-10-14-3-7-16(8-4-14)26-22(31)15-5-6-15/h3-4,7-9,11,13,15,18,24,30H,5-6,10,12H2,1-2H3,(H,26,31)(H,27,28)/t18-/m1/s1. The Kier molecular flexibility index (Phi) is 6.43. The predicted molar refractivity (Wildman–Crippen MR) is 125 cm³/mol. The summed E-state index contributed by atoms with van der Waals surface area (Å²) < 4.78 is 2.53. The maximum Gasteiger partial charge on any atom is 0.227 e. The molecule has 0 aliphatic heterocycles. The van der Waals surface area contributed by atoms with Crippen molar-refractivity contribution >= 4 is 44.8 Å².